The first-order valence-electron chi connectivity index (χ1n) is 5.45. The van der Waals surface area contributed by atoms with Crippen molar-refractivity contribution in [3.63, 3.8) is 0 Å². The van der Waals surface area contributed by atoms with Crippen LogP contribution in [0.1, 0.15) is 10.5 Å². The lowest BCUT2D eigenvalue weighted by Crippen LogP contribution is -2.43. The number of nitrogens with one attached hydrogen (secondary N) is 2. The highest BCUT2D eigenvalue weighted by molar-refractivity contribution is 5.92. The van der Waals surface area contributed by atoms with E-state index in [1.807, 2.05) is 6.07 Å². The van der Waals surface area contributed by atoms with Gasteiger partial charge in [-0.15, -0.1) is 12.4 Å². The Balaban J connectivity index is 0.00000144. The van der Waals surface area contributed by atoms with Crippen molar-refractivity contribution in [3.8, 4) is 0 Å². The predicted molar refractivity (Wildman–Crippen MR) is 70.0 cm³/mol. The molecule has 0 radical (unpaired) electrons. The van der Waals surface area contributed by atoms with Gasteiger partial charge in [0.1, 0.15) is 5.69 Å². The van der Waals surface area contributed by atoms with E-state index >= 15 is 0 Å². The van der Waals surface area contributed by atoms with Gasteiger partial charge in [-0.05, 0) is 12.1 Å². The highest BCUT2D eigenvalue weighted by Crippen LogP contribution is 2.13. The largest absolute Gasteiger partial charge is 0.368 e. The summed E-state index contributed by atoms with van der Waals surface area (Å²) in [6.45, 7) is 3.97. The maximum atomic E-state index is 11.3. The quantitative estimate of drug-likeness (QED) is 0.798. The number of anilines is 1. The molecule has 0 atom stereocenters. The predicted octanol–water partition coefficient (Wildman–Crippen LogP) is 0.273. The van der Waals surface area contributed by atoms with Crippen LogP contribution in [0.25, 0.3) is 0 Å². The molecule has 1 aliphatic heterocycles. The van der Waals surface area contributed by atoms with Crippen molar-refractivity contribution >= 4 is 24.0 Å². The van der Waals surface area contributed by atoms with Gasteiger partial charge in [0.05, 0.1) is 11.9 Å². The molecule has 0 aromatic carbocycles. The Kier molecular flexibility index (Phi) is 5.18. The van der Waals surface area contributed by atoms with Gasteiger partial charge in [-0.3, -0.25) is 4.79 Å². The Morgan fingerprint density at radius 2 is 2.12 bits per heavy atom. The van der Waals surface area contributed by atoms with Crippen molar-refractivity contribution in [2.75, 3.05) is 38.1 Å². The lowest BCUT2D eigenvalue weighted by molar-refractivity contribution is 0.0958. The van der Waals surface area contributed by atoms with Gasteiger partial charge >= 0.3 is 0 Å². The average molecular weight is 257 g/mol. The number of pyridine rings is 1. The summed E-state index contributed by atoms with van der Waals surface area (Å²) in [4.78, 5) is 17.7. The van der Waals surface area contributed by atoms with E-state index in [9.17, 15) is 4.79 Å². The van der Waals surface area contributed by atoms with Crippen LogP contribution in [0, 0.1) is 0 Å². The average Bonchev–Trinajstić information content (AvgIpc) is 2.39. The number of nitrogens with zero attached hydrogens (tertiary/aromatic N) is 2. The molecule has 5 nitrogen and oxygen atoms in total. The lowest BCUT2D eigenvalue weighted by Gasteiger charge is -2.29. The Bertz CT molecular complexity index is 362. The lowest BCUT2D eigenvalue weighted by atomic mass is 10.2. The highest BCUT2D eigenvalue weighted by Gasteiger charge is 2.11. The molecule has 0 spiro atoms. The van der Waals surface area contributed by atoms with Gasteiger partial charge in [0.25, 0.3) is 5.91 Å². The van der Waals surface area contributed by atoms with Crippen molar-refractivity contribution in [2.45, 2.75) is 0 Å². The minimum atomic E-state index is -0.146. The fourth-order valence-corrected chi connectivity index (χ4v) is 1.76. The van der Waals surface area contributed by atoms with Gasteiger partial charge < -0.3 is 15.5 Å². The van der Waals surface area contributed by atoms with Gasteiger partial charge in [0, 0.05) is 33.2 Å². The summed E-state index contributed by atoms with van der Waals surface area (Å²) in [5.74, 6) is -0.146. The number of halogens is 1. The topological polar surface area (TPSA) is 57.3 Å². The third-order valence-corrected chi connectivity index (χ3v) is 2.69. The van der Waals surface area contributed by atoms with Crippen LogP contribution in [-0.2, 0) is 0 Å². The SMILES string of the molecule is CNC(=O)c1ccc(N2CCNCC2)cn1.Cl. The van der Waals surface area contributed by atoms with Crippen LogP contribution in [0.4, 0.5) is 5.69 Å². The number of piperazine rings is 1. The summed E-state index contributed by atoms with van der Waals surface area (Å²) in [5, 5.41) is 5.85. The molecule has 2 heterocycles. The number of carbonyl (C=O) groups excluding carboxylic acids is 1. The zero-order valence-corrected chi connectivity index (χ0v) is 10.6. The molecule has 1 aromatic heterocycles. The third kappa shape index (κ3) is 3.31. The fourth-order valence-electron chi connectivity index (χ4n) is 1.76. The molecule has 6 heteroatoms. The summed E-state index contributed by atoms with van der Waals surface area (Å²) < 4.78 is 0. The van der Waals surface area contributed by atoms with Crippen LogP contribution in [-0.4, -0.2) is 44.1 Å². The molecule has 1 fully saturated rings. The summed E-state index contributed by atoms with van der Waals surface area (Å²) in [6.07, 6.45) is 1.76. The van der Waals surface area contributed by atoms with Crippen LogP contribution in [0.2, 0.25) is 0 Å². The second-order valence-electron chi connectivity index (χ2n) is 3.72. The van der Waals surface area contributed by atoms with E-state index in [0.717, 1.165) is 31.9 Å². The molecule has 0 aliphatic carbocycles. The molecule has 17 heavy (non-hydrogen) atoms. The maximum Gasteiger partial charge on any atom is 0.269 e. The monoisotopic (exact) mass is 256 g/mol. The van der Waals surface area contributed by atoms with Crippen LogP contribution in [0.3, 0.4) is 0 Å². The number of carbonyl (C=O) groups is 1. The van der Waals surface area contributed by atoms with Gasteiger partial charge in [0.15, 0.2) is 0 Å². The van der Waals surface area contributed by atoms with Crippen molar-refractivity contribution in [2.24, 2.45) is 0 Å². The standard InChI is InChI=1S/C11H16N4O.ClH/c1-12-11(16)10-3-2-9(8-14-10)15-6-4-13-5-7-15;/h2-3,8,13H,4-7H2,1H3,(H,12,16);1H. The Hall–Kier alpha value is -1.33. The highest BCUT2D eigenvalue weighted by atomic mass is 35.5. The summed E-state index contributed by atoms with van der Waals surface area (Å²) in [6, 6.07) is 3.71. The normalized spacial score (nSPS) is 15.0. The Morgan fingerprint density at radius 1 is 1.41 bits per heavy atom. The Morgan fingerprint density at radius 3 is 2.65 bits per heavy atom. The molecule has 0 bridgehead atoms. The van der Waals surface area contributed by atoms with E-state index in [0.29, 0.717) is 5.69 Å². The molecule has 1 saturated heterocycles. The van der Waals surface area contributed by atoms with Crippen LogP contribution < -0.4 is 15.5 Å². The minimum Gasteiger partial charge on any atom is -0.368 e. The number of hydrogen-bond acceptors (Lipinski definition) is 4. The first-order chi connectivity index (χ1) is 7.81. The molecule has 1 amide bonds. The number of aromatic nitrogens is 1. The first-order valence-corrected chi connectivity index (χ1v) is 5.45. The molecule has 1 aromatic rings. The van der Waals surface area contributed by atoms with Crippen molar-refractivity contribution in [3.05, 3.63) is 24.0 Å². The number of amides is 1. The molecule has 0 saturated carbocycles. The van der Waals surface area contributed by atoms with Crippen LogP contribution >= 0.6 is 12.4 Å². The fraction of sp³-hybridized carbons (Fsp3) is 0.455. The van der Waals surface area contributed by atoms with E-state index in [4.69, 9.17) is 0 Å². The van der Waals surface area contributed by atoms with E-state index in [-0.39, 0.29) is 18.3 Å². The molecule has 0 unspecified atom stereocenters. The van der Waals surface area contributed by atoms with Crippen LogP contribution in [0.5, 0.6) is 0 Å². The molecule has 2 rings (SSSR count). The number of hydrogen-bond donors (Lipinski definition) is 2. The van der Waals surface area contributed by atoms with Crippen molar-refractivity contribution in [1.82, 2.24) is 15.6 Å². The molecule has 2 N–H and O–H groups in total. The van der Waals surface area contributed by atoms with Crippen LogP contribution in [0.15, 0.2) is 18.3 Å². The van der Waals surface area contributed by atoms with Gasteiger partial charge in [-0.2, -0.15) is 0 Å². The first kappa shape index (κ1) is 13.7. The van der Waals surface area contributed by atoms with Crippen molar-refractivity contribution in [1.29, 1.82) is 0 Å². The van der Waals surface area contributed by atoms with E-state index in [1.165, 1.54) is 0 Å². The molecule has 94 valence electrons. The van der Waals surface area contributed by atoms with Gasteiger partial charge in [-0.1, -0.05) is 0 Å². The Labute approximate surface area is 107 Å². The number of rotatable bonds is 2. The third-order valence-electron chi connectivity index (χ3n) is 2.69. The minimum absolute atomic E-state index is 0. The van der Waals surface area contributed by atoms with Gasteiger partial charge in [-0.25, -0.2) is 4.98 Å². The van der Waals surface area contributed by atoms with Gasteiger partial charge in [0.2, 0.25) is 0 Å². The zero-order valence-electron chi connectivity index (χ0n) is 9.77. The smallest absolute Gasteiger partial charge is 0.269 e. The molecular formula is C11H17ClN4O. The summed E-state index contributed by atoms with van der Waals surface area (Å²) >= 11 is 0. The summed E-state index contributed by atoms with van der Waals surface area (Å²) in [7, 11) is 1.61. The second-order valence-corrected chi connectivity index (χ2v) is 3.72. The molecule has 1 aliphatic rings. The zero-order chi connectivity index (χ0) is 11.4. The second kappa shape index (κ2) is 6.42. The van der Waals surface area contributed by atoms with E-state index < -0.39 is 0 Å². The summed E-state index contributed by atoms with van der Waals surface area (Å²) in [5.41, 5.74) is 1.54. The van der Waals surface area contributed by atoms with E-state index in [1.54, 1.807) is 19.3 Å². The maximum absolute atomic E-state index is 11.3. The van der Waals surface area contributed by atoms with E-state index in [2.05, 4.69) is 20.5 Å². The van der Waals surface area contributed by atoms with Crippen molar-refractivity contribution < 1.29 is 4.79 Å². The molecular weight excluding hydrogens is 240 g/mol.